The van der Waals surface area contributed by atoms with Gasteiger partial charge in [-0.05, 0) is 104 Å². The second kappa shape index (κ2) is 17.0. The third kappa shape index (κ3) is 10.2. The van der Waals surface area contributed by atoms with Crippen molar-refractivity contribution in [2.45, 2.75) is 58.0 Å². The summed E-state index contributed by atoms with van der Waals surface area (Å²) < 4.78 is 0. The zero-order chi connectivity index (χ0) is 28.6. The molecule has 1 fully saturated rings. The molecule has 1 saturated heterocycles. The molecule has 6 nitrogen and oxygen atoms in total. The van der Waals surface area contributed by atoms with Gasteiger partial charge in [0, 0.05) is 48.9 Å². The van der Waals surface area contributed by atoms with Crippen LogP contribution in [0.15, 0.2) is 66.7 Å². The maximum atomic E-state index is 13.1. The van der Waals surface area contributed by atoms with E-state index in [4.69, 9.17) is 17.3 Å². The van der Waals surface area contributed by atoms with Gasteiger partial charge in [-0.2, -0.15) is 0 Å². The van der Waals surface area contributed by atoms with E-state index in [0.29, 0.717) is 12.3 Å². The number of nitrogens with one attached hydrogen (secondary N) is 1. The van der Waals surface area contributed by atoms with E-state index < -0.39 is 6.03 Å². The largest absolute Gasteiger partial charge is 0.351 e. The highest BCUT2D eigenvalue weighted by Crippen LogP contribution is 2.26. The van der Waals surface area contributed by atoms with E-state index in [9.17, 15) is 9.59 Å². The Morgan fingerprint density at radius 1 is 0.837 bits per heavy atom. The molecule has 5 rings (SSSR count). The normalized spacial score (nSPS) is 15.8. The Labute approximate surface area is 273 Å². The lowest BCUT2D eigenvalue weighted by molar-refractivity contribution is 0.0974. The number of piperidine rings is 1. The fraction of sp³-hybridized carbons (Fsp3) is 0.412. The first-order chi connectivity index (χ1) is 19.9. The van der Waals surface area contributed by atoms with Crippen molar-refractivity contribution in [1.82, 2.24) is 9.80 Å². The van der Waals surface area contributed by atoms with Crippen molar-refractivity contribution in [3.05, 3.63) is 99.6 Å². The Morgan fingerprint density at radius 2 is 1.56 bits per heavy atom. The number of carbonyl (C=O) groups excluding carboxylic acids is 2. The molecule has 0 atom stereocenters. The van der Waals surface area contributed by atoms with Crippen molar-refractivity contribution in [2.24, 2.45) is 11.7 Å². The lowest BCUT2D eigenvalue weighted by Crippen LogP contribution is -2.33. The molecule has 2 aliphatic heterocycles. The number of benzene rings is 3. The number of Topliss-reactive ketones (excluding diaryl/α,β-unsaturated/α-hetero) is 1. The number of amides is 2. The van der Waals surface area contributed by atoms with Gasteiger partial charge in [-0.15, -0.1) is 24.8 Å². The molecule has 0 bridgehead atoms. The van der Waals surface area contributed by atoms with Gasteiger partial charge in [0.05, 0.1) is 0 Å². The number of primary amides is 1. The third-order valence-corrected chi connectivity index (χ3v) is 8.97. The predicted octanol–water partition coefficient (Wildman–Crippen LogP) is 7.54. The molecule has 43 heavy (non-hydrogen) atoms. The molecular formula is C34H43Cl3N4O2. The number of halogens is 3. The molecule has 3 aromatic rings. The summed E-state index contributed by atoms with van der Waals surface area (Å²) in [6.45, 7) is 5.83. The fourth-order valence-electron chi connectivity index (χ4n) is 6.25. The summed E-state index contributed by atoms with van der Waals surface area (Å²) in [7, 11) is 0. The van der Waals surface area contributed by atoms with Gasteiger partial charge in [0.15, 0.2) is 5.78 Å². The predicted molar refractivity (Wildman–Crippen MR) is 181 cm³/mol. The number of hydrogen-bond donors (Lipinski definition) is 2. The molecule has 9 heteroatoms. The first kappa shape index (κ1) is 34.9. The molecule has 0 spiro atoms. The van der Waals surface area contributed by atoms with Crippen LogP contribution in [0.25, 0.3) is 0 Å². The number of hydrogen-bond acceptors (Lipinski definition) is 4. The highest BCUT2D eigenvalue weighted by molar-refractivity contribution is 6.31. The van der Waals surface area contributed by atoms with Gasteiger partial charge in [-0.3, -0.25) is 14.6 Å². The molecule has 0 aromatic heterocycles. The number of nitrogens with two attached hydrogens (primary N) is 1. The molecule has 0 radical (unpaired) electrons. The average Bonchev–Trinajstić information content (AvgIpc) is 3.17. The summed E-state index contributed by atoms with van der Waals surface area (Å²) in [6, 6.07) is 21.7. The summed E-state index contributed by atoms with van der Waals surface area (Å²) in [5, 5.41) is 3.50. The van der Waals surface area contributed by atoms with E-state index in [1.807, 2.05) is 36.4 Å². The smallest absolute Gasteiger partial charge is 0.316 e. The maximum absolute atomic E-state index is 13.1. The maximum Gasteiger partial charge on any atom is 0.316 e. The standard InChI is InChI=1S/C34H41ClN4O2.2ClH/c35-32-9-2-1-7-30(32)24-39-17-13-25(14-18-39)5-4-10-33(40)29-12-11-27-15-19-38(20-16-28(27)22-29)23-26-6-3-8-31(21-26)37-34(36)41;;/h1-3,6-9,11-12,21-22,25H,4-5,10,13-20,23-24H2,(H3,36,37,41);2*1H. The number of anilines is 1. The van der Waals surface area contributed by atoms with E-state index in [-0.39, 0.29) is 30.6 Å². The van der Waals surface area contributed by atoms with Crippen LogP contribution >= 0.6 is 36.4 Å². The Balaban J connectivity index is 0.00000253. The van der Waals surface area contributed by atoms with Crippen molar-refractivity contribution in [3.63, 3.8) is 0 Å². The highest BCUT2D eigenvalue weighted by atomic mass is 35.5. The van der Waals surface area contributed by atoms with Gasteiger partial charge in [-0.1, -0.05) is 54.1 Å². The van der Waals surface area contributed by atoms with E-state index in [0.717, 1.165) is 86.8 Å². The molecular weight excluding hydrogens is 603 g/mol. The average molecular weight is 646 g/mol. The van der Waals surface area contributed by atoms with E-state index in [1.165, 1.54) is 29.5 Å². The van der Waals surface area contributed by atoms with Gasteiger partial charge in [0.1, 0.15) is 0 Å². The van der Waals surface area contributed by atoms with Gasteiger partial charge in [0.25, 0.3) is 0 Å². The van der Waals surface area contributed by atoms with E-state index >= 15 is 0 Å². The quantitative estimate of drug-likeness (QED) is 0.223. The summed E-state index contributed by atoms with van der Waals surface area (Å²) in [5.41, 5.74) is 11.8. The molecule has 0 unspecified atom stereocenters. The van der Waals surface area contributed by atoms with Crippen molar-refractivity contribution in [3.8, 4) is 0 Å². The molecule has 0 saturated carbocycles. The lowest BCUT2D eigenvalue weighted by atomic mass is 9.90. The molecule has 3 N–H and O–H groups in total. The molecule has 2 aliphatic rings. The Hall–Kier alpha value is -2.61. The number of fused-ring (bicyclic) bond motifs is 1. The molecule has 232 valence electrons. The number of rotatable bonds is 10. The number of ketones is 1. The van der Waals surface area contributed by atoms with Crippen LogP contribution in [0.5, 0.6) is 0 Å². The van der Waals surface area contributed by atoms with Gasteiger partial charge >= 0.3 is 6.03 Å². The molecule has 0 aliphatic carbocycles. The van der Waals surface area contributed by atoms with Crippen LogP contribution in [0, 0.1) is 5.92 Å². The summed E-state index contributed by atoms with van der Waals surface area (Å²) in [6.07, 6.45) is 7.01. The topological polar surface area (TPSA) is 78.7 Å². The Bertz CT molecular complexity index is 1360. The van der Waals surface area contributed by atoms with Crippen molar-refractivity contribution < 1.29 is 9.59 Å². The van der Waals surface area contributed by atoms with Crippen LogP contribution in [-0.4, -0.2) is 47.8 Å². The SMILES string of the molecule is Cl.Cl.NC(=O)Nc1cccc(CN2CCc3ccc(C(=O)CCCC4CCN(Cc5ccccc5Cl)CC4)cc3CC2)c1. The number of nitrogens with zero attached hydrogens (tertiary/aromatic N) is 2. The minimum Gasteiger partial charge on any atom is -0.351 e. The van der Waals surface area contributed by atoms with E-state index in [1.54, 1.807) is 0 Å². The van der Waals surface area contributed by atoms with Gasteiger partial charge in [0.2, 0.25) is 0 Å². The zero-order valence-corrected chi connectivity index (χ0v) is 27.0. The second-order valence-corrected chi connectivity index (χ2v) is 12.0. The van der Waals surface area contributed by atoms with Gasteiger partial charge in [-0.25, -0.2) is 4.79 Å². The summed E-state index contributed by atoms with van der Waals surface area (Å²) >= 11 is 6.35. The van der Waals surface area contributed by atoms with Crippen molar-refractivity contribution in [2.75, 3.05) is 31.5 Å². The first-order valence-corrected chi connectivity index (χ1v) is 15.3. The third-order valence-electron chi connectivity index (χ3n) is 8.60. The lowest BCUT2D eigenvalue weighted by Gasteiger charge is -2.32. The van der Waals surface area contributed by atoms with Gasteiger partial charge < -0.3 is 11.1 Å². The number of likely N-dealkylation sites (tertiary alicyclic amines) is 1. The van der Waals surface area contributed by atoms with Crippen LogP contribution in [0.3, 0.4) is 0 Å². The minimum atomic E-state index is -0.552. The number of carbonyl (C=O) groups is 2. The van der Waals surface area contributed by atoms with Crippen LogP contribution in [-0.2, 0) is 25.9 Å². The fourth-order valence-corrected chi connectivity index (χ4v) is 6.44. The van der Waals surface area contributed by atoms with Crippen LogP contribution in [0.1, 0.15) is 64.7 Å². The van der Waals surface area contributed by atoms with Crippen molar-refractivity contribution in [1.29, 1.82) is 0 Å². The monoisotopic (exact) mass is 644 g/mol. The Kier molecular flexibility index (Phi) is 13.8. The van der Waals surface area contributed by atoms with Crippen LogP contribution < -0.4 is 11.1 Å². The molecule has 3 aromatic carbocycles. The number of urea groups is 1. The van der Waals surface area contributed by atoms with Crippen LogP contribution in [0.4, 0.5) is 10.5 Å². The van der Waals surface area contributed by atoms with Crippen LogP contribution in [0.2, 0.25) is 5.02 Å². The highest BCUT2D eigenvalue weighted by Gasteiger charge is 2.21. The zero-order valence-electron chi connectivity index (χ0n) is 24.6. The van der Waals surface area contributed by atoms with E-state index in [2.05, 4.69) is 45.4 Å². The Morgan fingerprint density at radius 3 is 2.30 bits per heavy atom. The molecule has 2 heterocycles. The molecule has 2 amide bonds. The van der Waals surface area contributed by atoms with Crippen molar-refractivity contribution >= 4 is 53.9 Å². The minimum absolute atomic E-state index is 0. The summed E-state index contributed by atoms with van der Waals surface area (Å²) in [5.74, 6) is 0.972. The second-order valence-electron chi connectivity index (χ2n) is 11.6. The first-order valence-electron chi connectivity index (χ1n) is 14.9. The summed E-state index contributed by atoms with van der Waals surface area (Å²) in [4.78, 5) is 29.2.